The van der Waals surface area contributed by atoms with Crippen LogP contribution in [0.4, 0.5) is 11.5 Å². The number of nitrogens with one attached hydrogen (secondary N) is 2. The van der Waals surface area contributed by atoms with E-state index in [0.29, 0.717) is 30.5 Å². The van der Waals surface area contributed by atoms with Crippen molar-refractivity contribution in [1.82, 2.24) is 15.5 Å². The van der Waals surface area contributed by atoms with Gasteiger partial charge in [-0.1, -0.05) is 6.07 Å². The topological polar surface area (TPSA) is 89.3 Å². The van der Waals surface area contributed by atoms with Crippen LogP contribution in [0.15, 0.2) is 52.9 Å². The highest BCUT2D eigenvalue weighted by Gasteiger charge is 2.19. The number of furan rings is 1. The monoisotopic (exact) mass is 378 g/mol. The first kappa shape index (κ1) is 18.2. The molecule has 0 spiro atoms. The SMILES string of the molecule is Cc1ccc(CNC(=O)c2cccc(Nc3ccc(C4CCOC4)nn3)c2)o1. The Morgan fingerprint density at radius 1 is 1.18 bits per heavy atom. The van der Waals surface area contributed by atoms with E-state index in [-0.39, 0.29) is 5.91 Å². The van der Waals surface area contributed by atoms with E-state index in [1.807, 2.05) is 43.3 Å². The minimum absolute atomic E-state index is 0.166. The maximum atomic E-state index is 12.4. The molecule has 7 nitrogen and oxygen atoms in total. The Kier molecular flexibility index (Phi) is 5.34. The van der Waals surface area contributed by atoms with Crippen molar-refractivity contribution in [3.8, 4) is 0 Å². The third-order valence-electron chi connectivity index (χ3n) is 4.65. The third-order valence-corrected chi connectivity index (χ3v) is 4.65. The number of rotatable bonds is 6. The van der Waals surface area contributed by atoms with Crippen LogP contribution in [0.3, 0.4) is 0 Å². The molecular weight excluding hydrogens is 356 g/mol. The second-order valence-electron chi connectivity index (χ2n) is 6.80. The van der Waals surface area contributed by atoms with Crippen LogP contribution in [0.1, 0.15) is 39.9 Å². The van der Waals surface area contributed by atoms with Gasteiger partial charge in [0.05, 0.1) is 18.8 Å². The lowest BCUT2D eigenvalue weighted by molar-refractivity contribution is 0.0948. The summed E-state index contributed by atoms with van der Waals surface area (Å²) in [6.45, 7) is 3.70. The smallest absolute Gasteiger partial charge is 0.251 e. The molecule has 1 aliphatic rings. The number of anilines is 2. The van der Waals surface area contributed by atoms with Gasteiger partial charge in [0.15, 0.2) is 5.82 Å². The predicted octanol–water partition coefficient (Wildman–Crippen LogP) is 3.56. The Labute approximate surface area is 163 Å². The molecule has 3 heterocycles. The summed E-state index contributed by atoms with van der Waals surface area (Å²) in [6.07, 6.45) is 0.982. The van der Waals surface area contributed by atoms with Crippen LogP contribution in [-0.4, -0.2) is 29.3 Å². The largest absolute Gasteiger partial charge is 0.465 e. The molecule has 7 heteroatoms. The Hall–Kier alpha value is -3.19. The van der Waals surface area contributed by atoms with E-state index < -0.39 is 0 Å². The zero-order valence-corrected chi connectivity index (χ0v) is 15.6. The molecule has 1 amide bonds. The van der Waals surface area contributed by atoms with Gasteiger partial charge >= 0.3 is 0 Å². The summed E-state index contributed by atoms with van der Waals surface area (Å²) in [7, 11) is 0. The number of nitrogens with zero attached hydrogens (tertiary/aromatic N) is 2. The minimum Gasteiger partial charge on any atom is -0.465 e. The van der Waals surface area contributed by atoms with Crippen LogP contribution in [0.2, 0.25) is 0 Å². The van der Waals surface area contributed by atoms with E-state index in [0.717, 1.165) is 35.9 Å². The fourth-order valence-corrected chi connectivity index (χ4v) is 3.13. The van der Waals surface area contributed by atoms with Gasteiger partial charge in [-0.25, -0.2) is 0 Å². The molecule has 2 aromatic heterocycles. The maximum Gasteiger partial charge on any atom is 0.251 e. The normalized spacial score (nSPS) is 16.1. The van der Waals surface area contributed by atoms with Crippen LogP contribution in [0, 0.1) is 6.92 Å². The van der Waals surface area contributed by atoms with Crippen LogP contribution in [-0.2, 0) is 11.3 Å². The first-order chi connectivity index (χ1) is 13.7. The first-order valence-electron chi connectivity index (χ1n) is 9.29. The number of benzene rings is 1. The van der Waals surface area contributed by atoms with Crippen molar-refractivity contribution in [2.24, 2.45) is 0 Å². The van der Waals surface area contributed by atoms with Crippen LogP contribution in [0.25, 0.3) is 0 Å². The maximum absolute atomic E-state index is 12.4. The summed E-state index contributed by atoms with van der Waals surface area (Å²) >= 11 is 0. The number of hydrogen-bond donors (Lipinski definition) is 2. The summed E-state index contributed by atoms with van der Waals surface area (Å²) in [5.41, 5.74) is 2.28. The highest BCUT2D eigenvalue weighted by Crippen LogP contribution is 2.24. The van der Waals surface area contributed by atoms with Gasteiger partial charge in [-0.2, -0.15) is 5.10 Å². The molecule has 1 atom stereocenters. The lowest BCUT2D eigenvalue weighted by atomic mass is 10.1. The second kappa shape index (κ2) is 8.22. The van der Waals surface area contributed by atoms with Gasteiger partial charge in [-0.05, 0) is 55.8 Å². The average Bonchev–Trinajstić information content (AvgIpc) is 3.39. The minimum atomic E-state index is -0.166. The first-order valence-corrected chi connectivity index (χ1v) is 9.29. The fourth-order valence-electron chi connectivity index (χ4n) is 3.13. The summed E-state index contributed by atoms with van der Waals surface area (Å²) in [5, 5.41) is 14.6. The molecule has 1 unspecified atom stereocenters. The van der Waals surface area contributed by atoms with Gasteiger partial charge in [0, 0.05) is 23.8 Å². The molecule has 1 aliphatic heterocycles. The molecule has 0 bridgehead atoms. The number of hydrogen-bond acceptors (Lipinski definition) is 6. The van der Waals surface area contributed by atoms with Crippen molar-refractivity contribution in [1.29, 1.82) is 0 Å². The molecule has 2 N–H and O–H groups in total. The van der Waals surface area contributed by atoms with Crippen molar-refractivity contribution in [2.45, 2.75) is 25.8 Å². The number of ether oxygens (including phenoxy) is 1. The molecule has 1 saturated heterocycles. The summed E-state index contributed by atoms with van der Waals surface area (Å²) in [6, 6.07) is 14.8. The van der Waals surface area contributed by atoms with Gasteiger partial charge < -0.3 is 19.8 Å². The highest BCUT2D eigenvalue weighted by molar-refractivity contribution is 5.95. The van der Waals surface area contributed by atoms with E-state index in [1.54, 1.807) is 12.1 Å². The summed E-state index contributed by atoms with van der Waals surface area (Å²) in [5.74, 6) is 2.34. The zero-order chi connectivity index (χ0) is 19.3. The molecule has 0 radical (unpaired) electrons. The second-order valence-corrected chi connectivity index (χ2v) is 6.80. The number of aryl methyl sites for hydroxylation is 1. The summed E-state index contributed by atoms with van der Waals surface area (Å²) in [4.78, 5) is 12.4. The molecule has 144 valence electrons. The van der Waals surface area contributed by atoms with Crippen molar-refractivity contribution >= 4 is 17.4 Å². The van der Waals surface area contributed by atoms with Gasteiger partial charge in [0.2, 0.25) is 0 Å². The third kappa shape index (κ3) is 4.37. The van der Waals surface area contributed by atoms with E-state index in [9.17, 15) is 4.79 Å². The average molecular weight is 378 g/mol. The van der Waals surface area contributed by atoms with Gasteiger partial charge in [-0.15, -0.1) is 5.10 Å². The Morgan fingerprint density at radius 3 is 2.82 bits per heavy atom. The lowest BCUT2D eigenvalue weighted by Gasteiger charge is -2.09. The Balaban J connectivity index is 1.38. The van der Waals surface area contributed by atoms with Crippen LogP contribution in [0.5, 0.6) is 0 Å². The van der Waals surface area contributed by atoms with Crippen molar-refractivity contribution < 1.29 is 13.9 Å². The van der Waals surface area contributed by atoms with Gasteiger partial charge in [0.25, 0.3) is 5.91 Å². The van der Waals surface area contributed by atoms with Crippen LogP contribution >= 0.6 is 0 Å². The van der Waals surface area contributed by atoms with E-state index in [4.69, 9.17) is 9.15 Å². The number of carbonyl (C=O) groups is 1. The molecule has 0 aliphatic carbocycles. The Morgan fingerprint density at radius 2 is 2.11 bits per heavy atom. The van der Waals surface area contributed by atoms with Crippen molar-refractivity contribution in [3.63, 3.8) is 0 Å². The van der Waals surface area contributed by atoms with Gasteiger partial charge in [0.1, 0.15) is 11.5 Å². The molecule has 1 fully saturated rings. The summed E-state index contributed by atoms with van der Waals surface area (Å²) < 4.78 is 10.9. The molecule has 1 aromatic carbocycles. The van der Waals surface area contributed by atoms with Crippen molar-refractivity contribution in [2.75, 3.05) is 18.5 Å². The van der Waals surface area contributed by atoms with Crippen LogP contribution < -0.4 is 10.6 Å². The zero-order valence-electron chi connectivity index (χ0n) is 15.6. The van der Waals surface area contributed by atoms with Gasteiger partial charge in [-0.3, -0.25) is 4.79 Å². The Bertz CT molecular complexity index is 946. The highest BCUT2D eigenvalue weighted by atomic mass is 16.5. The van der Waals surface area contributed by atoms with E-state index in [1.165, 1.54) is 0 Å². The molecule has 4 rings (SSSR count). The molecular formula is C21H22N4O3. The van der Waals surface area contributed by atoms with E-state index >= 15 is 0 Å². The molecule has 28 heavy (non-hydrogen) atoms. The van der Waals surface area contributed by atoms with Crippen molar-refractivity contribution in [3.05, 3.63) is 71.3 Å². The quantitative estimate of drug-likeness (QED) is 0.682. The molecule has 3 aromatic rings. The lowest BCUT2D eigenvalue weighted by Crippen LogP contribution is -2.22. The fraction of sp³-hybridized carbons (Fsp3) is 0.286. The van der Waals surface area contributed by atoms with E-state index in [2.05, 4.69) is 20.8 Å². The number of amides is 1. The predicted molar refractivity (Wildman–Crippen MR) is 105 cm³/mol. The standard InChI is InChI=1S/C21H22N4O3/c1-14-5-6-18(28-14)12-22-21(26)15-3-2-4-17(11-15)23-20-8-7-19(24-25-20)16-9-10-27-13-16/h2-8,11,16H,9-10,12-13H2,1H3,(H,22,26)(H,23,25). The number of aromatic nitrogens is 2. The molecule has 0 saturated carbocycles. The number of carbonyl (C=O) groups excluding carboxylic acids is 1.